The minimum atomic E-state index is -0.497. The van der Waals surface area contributed by atoms with Crippen molar-refractivity contribution in [1.29, 1.82) is 0 Å². The second-order valence-corrected chi connectivity index (χ2v) is 5.71. The van der Waals surface area contributed by atoms with Gasteiger partial charge in [0.1, 0.15) is 5.60 Å². The van der Waals surface area contributed by atoms with Crippen LogP contribution in [0.3, 0.4) is 0 Å². The van der Waals surface area contributed by atoms with Crippen molar-refractivity contribution >= 4 is 6.09 Å². The number of hydrogen-bond donors (Lipinski definition) is 2. The molecular formula is C13H25NO4. The molecule has 1 saturated heterocycles. The number of carbonyl (C=O) groups excluding carboxylic acids is 1. The Bertz CT molecular complexity index is 256. The lowest BCUT2D eigenvalue weighted by molar-refractivity contribution is 0.0323. The zero-order chi connectivity index (χ0) is 13.6. The topological polar surface area (TPSA) is 67.8 Å². The molecule has 1 rings (SSSR count). The smallest absolute Gasteiger partial charge is 0.407 e. The summed E-state index contributed by atoms with van der Waals surface area (Å²) < 4.78 is 10.5. The highest BCUT2D eigenvalue weighted by Gasteiger charge is 2.27. The minimum absolute atomic E-state index is 0.0336. The van der Waals surface area contributed by atoms with Gasteiger partial charge in [-0.2, -0.15) is 0 Å². The molecule has 5 heteroatoms. The molecule has 0 aromatic carbocycles. The molecule has 1 amide bonds. The van der Waals surface area contributed by atoms with Crippen molar-refractivity contribution in [3.8, 4) is 0 Å². The van der Waals surface area contributed by atoms with E-state index in [1.54, 1.807) is 0 Å². The number of rotatable bonds is 4. The van der Waals surface area contributed by atoms with Gasteiger partial charge in [-0.05, 0) is 46.0 Å². The number of ether oxygens (including phenoxy) is 2. The van der Waals surface area contributed by atoms with Crippen LogP contribution in [0.4, 0.5) is 4.79 Å². The molecule has 0 aromatic rings. The molecule has 0 bridgehead atoms. The molecule has 5 nitrogen and oxygen atoms in total. The van der Waals surface area contributed by atoms with Crippen molar-refractivity contribution in [2.75, 3.05) is 19.8 Å². The number of carbonyl (C=O) groups is 1. The van der Waals surface area contributed by atoms with Crippen molar-refractivity contribution in [2.45, 2.75) is 51.7 Å². The van der Waals surface area contributed by atoms with Gasteiger partial charge in [0.2, 0.25) is 0 Å². The summed E-state index contributed by atoms with van der Waals surface area (Å²) in [5.74, 6) is 0.360. The summed E-state index contributed by atoms with van der Waals surface area (Å²) in [5, 5.41) is 12.0. The average Bonchev–Trinajstić information content (AvgIpc) is 2.27. The van der Waals surface area contributed by atoms with Gasteiger partial charge in [-0.3, -0.25) is 0 Å². The van der Waals surface area contributed by atoms with E-state index < -0.39 is 11.7 Å². The standard InChI is InChI=1S/C13H25NO4/c1-13(2,3)18-12(16)14-11(4-7-15)10-5-8-17-9-6-10/h10-11,15H,4-9H2,1-3H3,(H,14,16). The molecule has 1 aliphatic heterocycles. The Labute approximate surface area is 109 Å². The monoisotopic (exact) mass is 259 g/mol. The van der Waals surface area contributed by atoms with Crippen molar-refractivity contribution < 1.29 is 19.4 Å². The quantitative estimate of drug-likeness (QED) is 0.806. The van der Waals surface area contributed by atoms with Crippen LogP contribution in [0.2, 0.25) is 0 Å². The van der Waals surface area contributed by atoms with Crippen molar-refractivity contribution in [3.63, 3.8) is 0 Å². The lowest BCUT2D eigenvalue weighted by Crippen LogP contribution is -2.45. The van der Waals surface area contributed by atoms with Crippen molar-refractivity contribution in [2.24, 2.45) is 5.92 Å². The molecule has 0 aromatic heterocycles. The molecule has 1 aliphatic rings. The molecule has 0 spiro atoms. The molecule has 1 unspecified atom stereocenters. The van der Waals surface area contributed by atoms with Gasteiger partial charge in [0.05, 0.1) is 0 Å². The summed E-state index contributed by atoms with van der Waals surface area (Å²) in [6.45, 7) is 7.02. The lowest BCUT2D eigenvalue weighted by atomic mass is 9.90. The van der Waals surface area contributed by atoms with Gasteiger partial charge in [-0.1, -0.05) is 0 Å². The third kappa shape index (κ3) is 5.69. The van der Waals surface area contributed by atoms with E-state index in [0.29, 0.717) is 12.3 Å². The maximum absolute atomic E-state index is 11.7. The Morgan fingerprint density at radius 2 is 2.06 bits per heavy atom. The zero-order valence-corrected chi connectivity index (χ0v) is 11.6. The number of hydrogen-bond acceptors (Lipinski definition) is 4. The van der Waals surface area contributed by atoms with E-state index in [0.717, 1.165) is 26.1 Å². The highest BCUT2D eigenvalue weighted by Crippen LogP contribution is 2.21. The molecular weight excluding hydrogens is 234 g/mol. The Kier molecular flexibility index (Phi) is 5.88. The number of nitrogens with one attached hydrogen (secondary N) is 1. The molecule has 106 valence electrons. The first-order valence-corrected chi connectivity index (χ1v) is 6.60. The Morgan fingerprint density at radius 3 is 2.56 bits per heavy atom. The number of aliphatic hydroxyl groups is 1. The van der Waals surface area contributed by atoms with Crippen LogP contribution < -0.4 is 5.32 Å². The van der Waals surface area contributed by atoms with E-state index >= 15 is 0 Å². The largest absolute Gasteiger partial charge is 0.444 e. The molecule has 0 radical (unpaired) electrons. The molecule has 0 saturated carbocycles. The first-order chi connectivity index (χ1) is 8.42. The second kappa shape index (κ2) is 6.95. The fourth-order valence-electron chi connectivity index (χ4n) is 2.14. The van der Waals surface area contributed by atoms with Gasteiger partial charge in [-0.25, -0.2) is 4.79 Å². The molecule has 1 heterocycles. The summed E-state index contributed by atoms with van der Waals surface area (Å²) in [6, 6.07) is -0.0336. The fraction of sp³-hybridized carbons (Fsp3) is 0.923. The van der Waals surface area contributed by atoms with Crippen LogP contribution in [0.25, 0.3) is 0 Å². The van der Waals surface area contributed by atoms with Gasteiger partial charge < -0.3 is 19.9 Å². The van der Waals surface area contributed by atoms with Crippen LogP contribution in [-0.4, -0.2) is 42.7 Å². The minimum Gasteiger partial charge on any atom is -0.444 e. The first kappa shape index (κ1) is 15.2. The summed E-state index contributed by atoms with van der Waals surface area (Å²) in [5.41, 5.74) is -0.497. The van der Waals surface area contributed by atoms with E-state index in [4.69, 9.17) is 14.6 Å². The van der Waals surface area contributed by atoms with Crippen LogP contribution >= 0.6 is 0 Å². The number of alkyl carbamates (subject to hydrolysis) is 1. The van der Waals surface area contributed by atoms with E-state index in [-0.39, 0.29) is 12.6 Å². The normalized spacial score (nSPS) is 19.3. The SMILES string of the molecule is CC(C)(C)OC(=O)NC(CCO)C1CCOCC1. The van der Waals surface area contributed by atoms with Gasteiger partial charge in [0, 0.05) is 25.9 Å². The van der Waals surface area contributed by atoms with Gasteiger partial charge in [0.15, 0.2) is 0 Å². The van der Waals surface area contributed by atoms with Crippen LogP contribution in [0.5, 0.6) is 0 Å². The summed E-state index contributed by atoms with van der Waals surface area (Å²) in [6.07, 6.45) is 1.98. The van der Waals surface area contributed by atoms with Crippen LogP contribution in [0.15, 0.2) is 0 Å². The fourth-order valence-corrected chi connectivity index (χ4v) is 2.14. The van der Waals surface area contributed by atoms with E-state index in [9.17, 15) is 4.79 Å². The van der Waals surface area contributed by atoms with E-state index in [1.807, 2.05) is 20.8 Å². The zero-order valence-electron chi connectivity index (χ0n) is 11.6. The number of amides is 1. The Morgan fingerprint density at radius 1 is 1.44 bits per heavy atom. The molecule has 1 atom stereocenters. The predicted molar refractivity (Wildman–Crippen MR) is 68.4 cm³/mol. The predicted octanol–water partition coefficient (Wildman–Crippen LogP) is 1.69. The highest BCUT2D eigenvalue weighted by molar-refractivity contribution is 5.68. The third-order valence-corrected chi connectivity index (χ3v) is 2.98. The lowest BCUT2D eigenvalue weighted by Gasteiger charge is -2.31. The van der Waals surface area contributed by atoms with Crippen LogP contribution in [-0.2, 0) is 9.47 Å². The summed E-state index contributed by atoms with van der Waals surface area (Å²) in [4.78, 5) is 11.7. The second-order valence-electron chi connectivity index (χ2n) is 5.71. The van der Waals surface area contributed by atoms with Gasteiger partial charge >= 0.3 is 6.09 Å². The molecule has 0 aliphatic carbocycles. The van der Waals surface area contributed by atoms with Gasteiger partial charge in [0.25, 0.3) is 0 Å². The van der Waals surface area contributed by atoms with Crippen LogP contribution in [0.1, 0.15) is 40.0 Å². The molecule has 2 N–H and O–H groups in total. The first-order valence-electron chi connectivity index (χ1n) is 6.60. The Hall–Kier alpha value is -0.810. The number of aliphatic hydroxyl groups excluding tert-OH is 1. The summed E-state index contributed by atoms with van der Waals surface area (Å²) >= 11 is 0. The molecule has 18 heavy (non-hydrogen) atoms. The Balaban J connectivity index is 2.48. The molecule has 1 fully saturated rings. The summed E-state index contributed by atoms with van der Waals surface area (Å²) in [7, 11) is 0. The van der Waals surface area contributed by atoms with Crippen molar-refractivity contribution in [3.05, 3.63) is 0 Å². The maximum Gasteiger partial charge on any atom is 0.407 e. The van der Waals surface area contributed by atoms with Crippen LogP contribution in [0, 0.1) is 5.92 Å². The van der Waals surface area contributed by atoms with E-state index in [2.05, 4.69) is 5.32 Å². The highest BCUT2D eigenvalue weighted by atomic mass is 16.6. The maximum atomic E-state index is 11.7. The average molecular weight is 259 g/mol. The van der Waals surface area contributed by atoms with Crippen molar-refractivity contribution in [1.82, 2.24) is 5.32 Å². The third-order valence-electron chi connectivity index (χ3n) is 2.98. The van der Waals surface area contributed by atoms with Gasteiger partial charge in [-0.15, -0.1) is 0 Å². The van der Waals surface area contributed by atoms with E-state index in [1.165, 1.54) is 0 Å².